The zero-order valence-corrected chi connectivity index (χ0v) is 21.9. The number of nitrogens with one attached hydrogen (secondary N) is 1. The molecule has 1 saturated heterocycles. The van der Waals surface area contributed by atoms with Gasteiger partial charge in [0.2, 0.25) is 0 Å². The van der Waals surface area contributed by atoms with Gasteiger partial charge < -0.3 is 24.8 Å². The van der Waals surface area contributed by atoms with Crippen LogP contribution in [0, 0.1) is 0 Å². The van der Waals surface area contributed by atoms with E-state index in [0.29, 0.717) is 23.2 Å². The van der Waals surface area contributed by atoms with Crippen molar-refractivity contribution in [3.05, 3.63) is 101 Å². The maximum atomic E-state index is 13.4. The number of alkyl halides is 3. The third kappa shape index (κ3) is 5.81. The quantitative estimate of drug-likeness (QED) is 0.335. The smallest absolute Gasteiger partial charge is 0.416 e. The number of hydrogen-bond acceptors (Lipinski definition) is 4. The Hall–Kier alpha value is -4.31. The van der Waals surface area contributed by atoms with E-state index in [0.717, 1.165) is 54.9 Å². The van der Waals surface area contributed by atoms with E-state index < -0.39 is 17.7 Å². The van der Waals surface area contributed by atoms with Crippen LogP contribution in [0.4, 0.5) is 18.9 Å². The van der Waals surface area contributed by atoms with Crippen LogP contribution in [-0.4, -0.2) is 59.7 Å². The summed E-state index contributed by atoms with van der Waals surface area (Å²) >= 11 is 0. The van der Waals surface area contributed by atoms with Crippen molar-refractivity contribution in [3.8, 4) is 0 Å². The Morgan fingerprint density at radius 3 is 2.15 bits per heavy atom. The van der Waals surface area contributed by atoms with E-state index in [1.54, 1.807) is 18.2 Å². The fourth-order valence-electron chi connectivity index (χ4n) is 4.99. The third-order valence-corrected chi connectivity index (χ3v) is 7.28. The van der Waals surface area contributed by atoms with Crippen molar-refractivity contribution < 1.29 is 27.9 Å². The number of aromatic carboxylic acids is 1. The summed E-state index contributed by atoms with van der Waals surface area (Å²) in [6, 6.07) is 17.0. The minimum absolute atomic E-state index is 0.164. The predicted octanol–water partition coefficient (Wildman–Crippen LogP) is 5.09. The second-order valence-corrected chi connectivity index (χ2v) is 10.0. The molecule has 0 radical (unpaired) electrons. The molecule has 1 aliphatic rings. The number of likely N-dealkylation sites (N-methyl/N-ethyl adjacent to an activating group) is 1. The lowest BCUT2D eigenvalue weighted by atomic mass is 10.1. The van der Waals surface area contributed by atoms with E-state index in [1.807, 2.05) is 22.9 Å². The Labute approximate surface area is 229 Å². The summed E-state index contributed by atoms with van der Waals surface area (Å²) in [4.78, 5) is 29.1. The number of benzene rings is 3. The standard InChI is InChI=1S/C30H29F3N4O3/c1-35-14-16-36(17-15-35)26-11-10-25(28(38)34-18-20-2-6-22(7-3-20)29(39)40)27-24(26)12-13-37(27)19-21-4-8-23(9-5-21)30(31,32)33/h2-13H,14-19H2,1H3,(H,34,38)(H,39,40). The summed E-state index contributed by atoms with van der Waals surface area (Å²) in [5.74, 6) is -1.32. The normalized spacial score (nSPS) is 14.4. The summed E-state index contributed by atoms with van der Waals surface area (Å²) in [6.07, 6.45) is -2.54. The Balaban J connectivity index is 1.46. The molecule has 0 atom stereocenters. The molecule has 1 aliphatic heterocycles. The van der Waals surface area contributed by atoms with Gasteiger partial charge in [-0.15, -0.1) is 0 Å². The Morgan fingerprint density at radius 2 is 1.52 bits per heavy atom. The molecule has 0 spiro atoms. The van der Waals surface area contributed by atoms with Gasteiger partial charge in [0.25, 0.3) is 5.91 Å². The molecule has 208 valence electrons. The molecule has 1 amide bonds. The Kier molecular flexibility index (Phi) is 7.53. The summed E-state index contributed by atoms with van der Waals surface area (Å²) in [5, 5.41) is 12.9. The lowest BCUT2D eigenvalue weighted by Crippen LogP contribution is -2.44. The molecule has 40 heavy (non-hydrogen) atoms. The Bertz CT molecular complexity index is 1520. The molecule has 3 aromatic carbocycles. The van der Waals surface area contributed by atoms with E-state index in [4.69, 9.17) is 5.11 Å². The first-order valence-electron chi connectivity index (χ1n) is 12.9. The number of aromatic nitrogens is 1. The maximum absolute atomic E-state index is 13.4. The minimum Gasteiger partial charge on any atom is -0.478 e. The molecule has 2 N–H and O–H groups in total. The fraction of sp³-hybridized carbons (Fsp3) is 0.267. The van der Waals surface area contributed by atoms with Gasteiger partial charge in [0, 0.05) is 56.5 Å². The number of piperazine rings is 1. The first-order valence-corrected chi connectivity index (χ1v) is 12.9. The molecule has 0 aliphatic carbocycles. The molecule has 1 fully saturated rings. The number of carboxylic acids is 1. The van der Waals surface area contributed by atoms with Gasteiger partial charge in [-0.3, -0.25) is 4.79 Å². The fourth-order valence-corrected chi connectivity index (χ4v) is 4.99. The van der Waals surface area contributed by atoms with E-state index in [1.165, 1.54) is 24.3 Å². The van der Waals surface area contributed by atoms with Crippen LogP contribution in [0.15, 0.2) is 72.9 Å². The van der Waals surface area contributed by atoms with Gasteiger partial charge in [-0.25, -0.2) is 4.79 Å². The molecule has 4 aromatic rings. The SMILES string of the molecule is CN1CCN(c2ccc(C(=O)NCc3ccc(C(=O)O)cc3)c3c2ccn3Cc2ccc(C(F)(F)F)cc2)CC1. The second kappa shape index (κ2) is 11.1. The van der Waals surface area contributed by atoms with Crippen molar-refractivity contribution >= 4 is 28.5 Å². The number of halogens is 3. The predicted molar refractivity (Wildman–Crippen MR) is 147 cm³/mol. The zero-order valence-electron chi connectivity index (χ0n) is 21.9. The van der Waals surface area contributed by atoms with Crippen molar-refractivity contribution in [2.45, 2.75) is 19.3 Å². The number of carbonyl (C=O) groups is 2. The van der Waals surface area contributed by atoms with Crippen molar-refractivity contribution in [2.24, 2.45) is 0 Å². The highest BCUT2D eigenvalue weighted by Crippen LogP contribution is 2.33. The highest BCUT2D eigenvalue weighted by atomic mass is 19.4. The van der Waals surface area contributed by atoms with Crippen molar-refractivity contribution in [1.82, 2.24) is 14.8 Å². The monoisotopic (exact) mass is 550 g/mol. The van der Waals surface area contributed by atoms with E-state index in [9.17, 15) is 22.8 Å². The topological polar surface area (TPSA) is 77.8 Å². The number of nitrogens with zero attached hydrogens (tertiary/aromatic N) is 3. The number of hydrogen-bond donors (Lipinski definition) is 2. The highest BCUT2D eigenvalue weighted by molar-refractivity contribution is 6.09. The van der Waals surface area contributed by atoms with Crippen molar-refractivity contribution in [2.75, 3.05) is 38.1 Å². The Morgan fingerprint density at radius 1 is 0.875 bits per heavy atom. The number of fused-ring (bicyclic) bond motifs is 1. The zero-order chi connectivity index (χ0) is 28.4. The number of carboxylic acid groups (broad SMARTS) is 1. The van der Waals surface area contributed by atoms with Crippen molar-refractivity contribution in [3.63, 3.8) is 0 Å². The van der Waals surface area contributed by atoms with E-state index >= 15 is 0 Å². The van der Waals surface area contributed by atoms with Gasteiger partial charge >= 0.3 is 12.1 Å². The number of amides is 1. The van der Waals surface area contributed by atoms with Gasteiger partial charge in [-0.05, 0) is 60.6 Å². The average molecular weight is 551 g/mol. The molecular formula is C30H29F3N4O3. The molecule has 0 saturated carbocycles. The van der Waals surface area contributed by atoms with Crippen LogP contribution in [0.2, 0.25) is 0 Å². The van der Waals surface area contributed by atoms with Gasteiger partial charge in [0.15, 0.2) is 0 Å². The van der Waals surface area contributed by atoms with Gasteiger partial charge in [-0.2, -0.15) is 13.2 Å². The second-order valence-electron chi connectivity index (χ2n) is 10.0. The maximum Gasteiger partial charge on any atom is 0.416 e. The van der Waals surface area contributed by atoms with Crippen LogP contribution < -0.4 is 10.2 Å². The first kappa shape index (κ1) is 27.3. The third-order valence-electron chi connectivity index (χ3n) is 7.28. The average Bonchev–Trinajstić information content (AvgIpc) is 3.35. The van der Waals surface area contributed by atoms with Crippen LogP contribution in [0.1, 0.15) is 37.4 Å². The molecule has 10 heteroatoms. The highest BCUT2D eigenvalue weighted by Gasteiger charge is 2.30. The van der Waals surface area contributed by atoms with E-state index in [2.05, 4.69) is 22.2 Å². The van der Waals surface area contributed by atoms with Crippen LogP contribution in [0.3, 0.4) is 0 Å². The minimum atomic E-state index is -4.41. The summed E-state index contributed by atoms with van der Waals surface area (Å²) < 4.78 is 41.1. The molecule has 0 unspecified atom stereocenters. The molecule has 0 bridgehead atoms. The number of carbonyl (C=O) groups excluding carboxylic acids is 1. The largest absolute Gasteiger partial charge is 0.478 e. The van der Waals surface area contributed by atoms with Crippen molar-refractivity contribution in [1.29, 1.82) is 0 Å². The van der Waals surface area contributed by atoms with Gasteiger partial charge in [0.05, 0.1) is 22.2 Å². The summed E-state index contributed by atoms with van der Waals surface area (Å²) in [7, 11) is 2.08. The molecule has 5 rings (SSSR count). The van der Waals surface area contributed by atoms with Crippen LogP contribution in [0.25, 0.3) is 10.9 Å². The lowest BCUT2D eigenvalue weighted by Gasteiger charge is -2.34. The molecule has 1 aromatic heterocycles. The molecule has 2 heterocycles. The first-order chi connectivity index (χ1) is 19.1. The van der Waals surface area contributed by atoms with Crippen LogP contribution in [0.5, 0.6) is 0 Å². The van der Waals surface area contributed by atoms with Gasteiger partial charge in [0.1, 0.15) is 0 Å². The number of rotatable bonds is 7. The van der Waals surface area contributed by atoms with Crippen LogP contribution >= 0.6 is 0 Å². The van der Waals surface area contributed by atoms with Crippen LogP contribution in [-0.2, 0) is 19.3 Å². The summed E-state index contributed by atoms with van der Waals surface area (Å²) in [6.45, 7) is 4.01. The molecule has 7 nitrogen and oxygen atoms in total. The molecular weight excluding hydrogens is 521 g/mol. The van der Waals surface area contributed by atoms with E-state index in [-0.39, 0.29) is 18.0 Å². The summed E-state index contributed by atoms with van der Waals surface area (Å²) in [5.41, 5.74) is 3.06. The van der Waals surface area contributed by atoms with Gasteiger partial charge in [-0.1, -0.05) is 24.3 Å². The number of anilines is 1. The lowest BCUT2D eigenvalue weighted by molar-refractivity contribution is -0.137.